The van der Waals surface area contributed by atoms with Gasteiger partial charge in [0, 0.05) is 24.7 Å². The van der Waals surface area contributed by atoms with Crippen molar-refractivity contribution in [1.29, 1.82) is 0 Å². The molecular weight excluding hydrogens is 371 g/mol. The standard InChI is InChI=1S/C17H21ClF3N3O2/c1-15(2,3)26-14(25)23-12-8-24(9-16(12)4-5-16)13-11(18)6-10(7-22-13)17(19,20)21/h6-7,12H,4-5,8-9H2,1-3H3,(H,23,25)/t12-/m0/s1. The predicted octanol–water partition coefficient (Wildman–Crippen LogP) is 4.25. The summed E-state index contributed by atoms with van der Waals surface area (Å²) < 4.78 is 43.6. The number of alkyl halides is 3. The van der Waals surface area contributed by atoms with E-state index in [0.717, 1.165) is 25.1 Å². The first-order valence-corrected chi connectivity index (χ1v) is 8.75. The van der Waals surface area contributed by atoms with Gasteiger partial charge in [0.25, 0.3) is 0 Å². The molecule has 1 aromatic rings. The quantitative estimate of drug-likeness (QED) is 0.819. The molecule has 26 heavy (non-hydrogen) atoms. The lowest BCUT2D eigenvalue weighted by atomic mass is 10.0. The highest BCUT2D eigenvalue weighted by Gasteiger charge is 2.56. The van der Waals surface area contributed by atoms with E-state index in [9.17, 15) is 18.0 Å². The normalized spacial score (nSPS) is 21.8. The molecule has 5 nitrogen and oxygen atoms in total. The maximum atomic E-state index is 12.8. The Morgan fingerprint density at radius 1 is 1.38 bits per heavy atom. The molecule has 1 aromatic heterocycles. The van der Waals surface area contributed by atoms with E-state index in [1.165, 1.54) is 0 Å². The van der Waals surface area contributed by atoms with Crippen molar-refractivity contribution in [3.63, 3.8) is 0 Å². The maximum Gasteiger partial charge on any atom is 0.417 e. The SMILES string of the molecule is CC(C)(C)OC(=O)N[C@H]1CN(c2ncc(C(F)(F)F)cc2Cl)CC12CC2. The van der Waals surface area contributed by atoms with Gasteiger partial charge in [-0.3, -0.25) is 0 Å². The van der Waals surface area contributed by atoms with Crippen LogP contribution >= 0.6 is 11.6 Å². The maximum absolute atomic E-state index is 12.8. The second kappa shape index (κ2) is 6.18. The fourth-order valence-electron chi connectivity index (χ4n) is 3.26. The minimum atomic E-state index is -4.49. The van der Waals surface area contributed by atoms with Crippen molar-refractivity contribution in [2.24, 2.45) is 5.41 Å². The highest BCUT2D eigenvalue weighted by molar-refractivity contribution is 6.33. The van der Waals surface area contributed by atoms with Crippen LogP contribution in [0.4, 0.5) is 23.8 Å². The van der Waals surface area contributed by atoms with E-state index in [-0.39, 0.29) is 16.5 Å². The molecular formula is C17H21ClF3N3O2. The predicted molar refractivity (Wildman–Crippen MR) is 91.3 cm³/mol. The van der Waals surface area contributed by atoms with Crippen LogP contribution < -0.4 is 10.2 Å². The van der Waals surface area contributed by atoms with E-state index in [0.29, 0.717) is 18.9 Å². The number of nitrogens with zero attached hydrogens (tertiary/aromatic N) is 2. The number of nitrogens with one attached hydrogen (secondary N) is 1. The van der Waals surface area contributed by atoms with Gasteiger partial charge in [-0.15, -0.1) is 0 Å². The average Bonchev–Trinajstić information content (AvgIpc) is 3.15. The van der Waals surface area contributed by atoms with Crippen molar-refractivity contribution >= 4 is 23.5 Å². The first kappa shape index (κ1) is 19.1. The minimum absolute atomic E-state index is 0.0476. The summed E-state index contributed by atoms with van der Waals surface area (Å²) in [5.41, 5.74) is -1.57. The van der Waals surface area contributed by atoms with Crippen LogP contribution in [0.1, 0.15) is 39.2 Å². The molecule has 1 saturated carbocycles. The number of alkyl carbamates (subject to hydrolysis) is 1. The minimum Gasteiger partial charge on any atom is -0.444 e. The summed E-state index contributed by atoms with van der Waals surface area (Å²) in [6, 6.07) is 0.732. The zero-order valence-electron chi connectivity index (χ0n) is 14.8. The summed E-state index contributed by atoms with van der Waals surface area (Å²) in [5.74, 6) is 0.305. The number of ether oxygens (including phenoxy) is 1. The van der Waals surface area contributed by atoms with Crippen LogP contribution in [-0.4, -0.2) is 35.8 Å². The molecule has 9 heteroatoms. The van der Waals surface area contributed by atoms with Gasteiger partial charge < -0.3 is 15.0 Å². The Labute approximate surface area is 154 Å². The number of carbonyl (C=O) groups is 1. The van der Waals surface area contributed by atoms with Crippen molar-refractivity contribution in [3.8, 4) is 0 Å². The molecule has 0 aromatic carbocycles. The molecule has 1 spiro atoms. The van der Waals surface area contributed by atoms with E-state index in [2.05, 4.69) is 10.3 Å². The number of aromatic nitrogens is 1. The molecule has 0 bridgehead atoms. The topological polar surface area (TPSA) is 54.5 Å². The molecule has 1 aliphatic heterocycles. The molecule has 2 fully saturated rings. The van der Waals surface area contributed by atoms with E-state index in [4.69, 9.17) is 16.3 Å². The Morgan fingerprint density at radius 2 is 2.04 bits per heavy atom. The molecule has 0 unspecified atom stereocenters. The summed E-state index contributed by atoms with van der Waals surface area (Å²) in [5, 5.41) is 2.84. The number of anilines is 1. The number of carbonyl (C=O) groups excluding carboxylic acids is 1. The molecule has 144 valence electrons. The molecule has 2 aliphatic rings. The zero-order valence-corrected chi connectivity index (χ0v) is 15.5. The van der Waals surface area contributed by atoms with Crippen LogP contribution in [0.2, 0.25) is 5.02 Å². The first-order chi connectivity index (χ1) is 11.9. The van der Waals surface area contributed by atoms with Crippen LogP contribution in [0.25, 0.3) is 0 Å². The average molecular weight is 392 g/mol. The van der Waals surface area contributed by atoms with Crippen LogP contribution in [0.5, 0.6) is 0 Å². The van der Waals surface area contributed by atoms with E-state index >= 15 is 0 Å². The third-order valence-corrected chi connectivity index (χ3v) is 4.96. The van der Waals surface area contributed by atoms with Crippen LogP contribution in [0.15, 0.2) is 12.3 Å². The number of hydrogen-bond acceptors (Lipinski definition) is 4. The van der Waals surface area contributed by atoms with Crippen molar-refractivity contribution in [2.75, 3.05) is 18.0 Å². The Balaban J connectivity index is 1.73. The Bertz CT molecular complexity index is 714. The second-order valence-corrected chi connectivity index (χ2v) is 8.38. The van der Waals surface area contributed by atoms with Crippen molar-refractivity contribution in [2.45, 2.75) is 51.4 Å². The van der Waals surface area contributed by atoms with Gasteiger partial charge in [0.2, 0.25) is 0 Å². The summed E-state index contributed by atoms with van der Waals surface area (Å²) in [6.45, 7) is 6.37. The molecule has 1 amide bonds. The van der Waals surface area contributed by atoms with E-state index in [1.54, 1.807) is 20.8 Å². The number of halogens is 4. The molecule has 2 heterocycles. The third-order valence-electron chi connectivity index (χ3n) is 4.68. The van der Waals surface area contributed by atoms with Gasteiger partial charge >= 0.3 is 12.3 Å². The highest BCUT2D eigenvalue weighted by Crippen LogP contribution is 2.54. The molecule has 1 N–H and O–H groups in total. The van der Waals surface area contributed by atoms with Crippen molar-refractivity contribution < 1.29 is 22.7 Å². The highest BCUT2D eigenvalue weighted by atomic mass is 35.5. The lowest BCUT2D eigenvalue weighted by Crippen LogP contribution is -2.44. The molecule has 1 aliphatic carbocycles. The molecule has 0 radical (unpaired) electrons. The number of pyridine rings is 1. The van der Waals surface area contributed by atoms with Crippen LogP contribution in [-0.2, 0) is 10.9 Å². The Morgan fingerprint density at radius 3 is 2.54 bits per heavy atom. The number of hydrogen-bond donors (Lipinski definition) is 1. The smallest absolute Gasteiger partial charge is 0.417 e. The second-order valence-electron chi connectivity index (χ2n) is 7.97. The zero-order chi connectivity index (χ0) is 19.3. The Kier molecular flexibility index (Phi) is 4.53. The van der Waals surface area contributed by atoms with Gasteiger partial charge in [-0.25, -0.2) is 9.78 Å². The summed E-state index contributed by atoms with van der Waals surface area (Å²) in [4.78, 5) is 17.8. The fourth-order valence-corrected chi connectivity index (χ4v) is 3.55. The molecule has 3 rings (SSSR count). The van der Waals surface area contributed by atoms with Gasteiger partial charge in [0.05, 0.1) is 16.6 Å². The number of rotatable bonds is 2. The van der Waals surface area contributed by atoms with Crippen LogP contribution in [0.3, 0.4) is 0 Å². The fraction of sp³-hybridized carbons (Fsp3) is 0.647. The Hall–Kier alpha value is -1.70. The van der Waals surface area contributed by atoms with Gasteiger partial charge in [0.15, 0.2) is 0 Å². The monoisotopic (exact) mass is 391 g/mol. The first-order valence-electron chi connectivity index (χ1n) is 8.37. The molecule has 1 atom stereocenters. The van der Waals surface area contributed by atoms with Gasteiger partial charge in [0.1, 0.15) is 11.4 Å². The summed E-state index contributed by atoms with van der Waals surface area (Å²) in [7, 11) is 0. The van der Waals surface area contributed by atoms with Gasteiger partial charge in [-0.05, 0) is 39.7 Å². The van der Waals surface area contributed by atoms with E-state index < -0.39 is 23.4 Å². The third kappa shape index (κ3) is 4.00. The lowest BCUT2D eigenvalue weighted by Gasteiger charge is -2.24. The van der Waals surface area contributed by atoms with E-state index in [1.807, 2.05) is 4.90 Å². The van der Waals surface area contributed by atoms with Crippen molar-refractivity contribution in [3.05, 3.63) is 22.8 Å². The summed E-state index contributed by atoms with van der Waals surface area (Å²) in [6.07, 6.45) is -2.33. The van der Waals surface area contributed by atoms with Gasteiger partial charge in [-0.2, -0.15) is 13.2 Å². The molecule has 1 saturated heterocycles. The van der Waals surface area contributed by atoms with Gasteiger partial charge in [-0.1, -0.05) is 11.6 Å². The van der Waals surface area contributed by atoms with Crippen LogP contribution in [0, 0.1) is 5.41 Å². The summed E-state index contributed by atoms with van der Waals surface area (Å²) >= 11 is 6.05. The number of amides is 1. The largest absolute Gasteiger partial charge is 0.444 e. The lowest BCUT2D eigenvalue weighted by molar-refractivity contribution is -0.137. The van der Waals surface area contributed by atoms with Crippen molar-refractivity contribution in [1.82, 2.24) is 10.3 Å².